The first-order valence-electron chi connectivity index (χ1n) is 7.37. The van der Waals surface area contributed by atoms with Gasteiger partial charge < -0.3 is 10.4 Å². The normalized spacial score (nSPS) is 12.0. The smallest absolute Gasteiger partial charge is 0.326 e. The average Bonchev–Trinajstić information content (AvgIpc) is 2.54. The summed E-state index contributed by atoms with van der Waals surface area (Å²) in [6, 6.07) is 5.90. The standard InChI is InChI=1S/C15H18N4O4/c1-2-5-12(15(22)23)16-13(20)8-9-19-14(21)10-6-3-4-7-11(10)17-18-19/h3-4,6-7,12H,2,5,8-9H2,1H3,(H,16,20)(H,22,23). The molecule has 1 heterocycles. The predicted octanol–water partition coefficient (Wildman–Crippen LogP) is 0.551. The van der Waals surface area contributed by atoms with Gasteiger partial charge in [0.05, 0.1) is 11.9 Å². The first-order chi connectivity index (χ1) is 11.0. The molecule has 8 heteroatoms. The molecule has 0 bridgehead atoms. The molecule has 1 unspecified atom stereocenters. The second-order valence-corrected chi connectivity index (χ2v) is 5.13. The zero-order chi connectivity index (χ0) is 16.8. The number of benzene rings is 1. The van der Waals surface area contributed by atoms with E-state index < -0.39 is 17.9 Å². The van der Waals surface area contributed by atoms with Crippen molar-refractivity contribution in [2.45, 2.75) is 38.8 Å². The van der Waals surface area contributed by atoms with Gasteiger partial charge in [0.25, 0.3) is 5.56 Å². The van der Waals surface area contributed by atoms with Crippen LogP contribution in [-0.2, 0) is 16.1 Å². The van der Waals surface area contributed by atoms with E-state index in [2.05, 4.69) is 15.6 Å². The quantitative estimate of drug-likeness (QED) is 0.770. The number of rotatable bonds is 7. The van der Waals surface area contributed by atoms with Crippen molar-refractivity contribution in [2.24, 2.45) is 0 Å². The lowest BCUT2D eigenvalue weighted by atomic mass is 10.1. The third kappa shape index (κ3) is 4.12. The molecule has 1 aromatic heterocycles. The first kappa shape index (κ1) is 16.6. The topological polar surface area (TPSA) is 114 Å². The SMILES string of the molecule is CCCC(NC(=O)CCn1nnc2ccccc2c1=O)C(=O)O. The molecule has 0 aliphatic heterocycles. The summed E-state index contributed by atoms with van der Waals surface area (Å²) in [4.78, 5) is 35.1. The molecule has 122 valence electrons. The van der Waals surface area contributed by atoms with Crippen LogP contribution in [0.3, 0.4) is 0 Å². The Morgan fingerprint density at radius 3 is 2.78 bits per heavy atom. The summed E-state index contributed by atoms with van der Waals surface area (Å²) in [5, 5.41) is 19.6. The second-order valence-electron chi connectivity index (χ2n) is 5.13. The van der Waals surface area contributed by atoms with E-state index in [1.165, 1.54) is 0 Å². The van der Waals surface area contributed by atoms with Crippen LogP contribution >= 0.6 is 0 Å². The molecule has 0 radical (unpaired) electrons. The van der Waals surface area contributed by atoms with E-state index in [4.69, 9.17) is 5.11 Å². The van der Waals surface area contributed by atoms with Crippen LogP contribution in [-0.4, -0.2) is 38.0 Å². The highest BCUT2D eigenvalue weighted by Crippen LogP contribution is 2.03. The number of nitrogens with zero attached hydrogens (tertiary/aromatic N) is 3. The number of hydrogen-bond acceptors (Lipinski definition) is 5. The fraction of sp³-hybridized carbons (Fsp3) is 0.400. The van der Waals surface area contributed by atoms with Gasteiger partial charge in [-0.15, -0.1) is 5.10 Å². The number of carbonyl (C=O) groups excluding carboxylic acids is 1. The van der Waals surface area contributed by atoms with Gasteiger partial charge in [-0.25, -0.2) is 9.48 Å². The molecule has 23 heavy (non-hydrogen) atoms. The Kier molecular flexibility index (Phi) is 5.40. The molecule has 2 aromatic rings. The van der Waals surface area contributed by atoms with E-state index in [1.54, 1.807) is 24.3 Å². The van der Waals surface area contributed by atoms with Gasteiger partial charge in [-0.2, -0.15) is 0 Å². The van der Waals surface area contributed by atoms with Crippen LogP contribution in [0.5, 0.6) is 0 Å². The molecule has 1 atom stereocenters. The van der Waals surface area contributed by atoms with Gasteiger partial charge in [0.2, 0.25) is 5.91 Å². The van der Waals surface area contributed by atoms with Crippen LogP contribution in [0.4, 0.5) is 0 Å². The van der Waals surface area contributed by atoms with Crippen molar-refractivity contribution in [1.82, 2.24) is 20.3 Å². The number of hydrogen-bond donors (Lipinski definition) is 2. The van der Waals surface area contributed by atoms with Gasteiger partial charge in [0, 0.05) is 6.42 Å². The molecular weight excluding hydrogens is 300 g/mol. The van der Waals surface area contributed by atoms with Crippen LogP contribution in [0.15, 0.2) is 29.1 Å². The molecule has 0 aliphatic carbocycles. The van der Waals surface area contributed by atoms with Crippen LogP contribution in [0, 0.1) is 0 Å². The lowest BCUT2D eigenvalue weighted by Gasteiger charge is -2.13. The Bertz CT molecular complexity index is 771. The van der Waals surface area contributed by atoms with Crippen LogP contribution in [0.1, 0.15) is 26.2 Å². The highest BCUT2D eigenvalue weighted by Gasteiger charge is 2.18. The average molecular weight is 318 g/mol. The summed E-state index contributed by atoms with van der Waals surface area (Å²) in [6.45, 7) is 1.88. The van der Waals surface area contributed by atoms with Crippen molar-refractivity contribution in [2.75, 3.05) is 0 Å². The highest BCUT2D eigenvalue weighted by atomic mass is 16.4. The molecule has 2 rings (SSSR count). The minimum atomic E-state index is -1.07. The van der Waals surface area contributed by atoms with Gasteiger partial charge in [0.15, 0.2) is 0 Å². The molecule has 0 spiro atoms. The Labute approximate surface area is 132 Å². The maximum atomic E-state index is 12.2. The second kappa shape index (κ2) is 7.48. The fourth-order valence-electron chi connectivity index (χ4n) is 2.19. The zero-order valence-corrected chi connectivity index (χ0v) is 12.7. The maximum absolute atomic E-state index is 12.2. The Morgan fingerprint density at radius 1 is 1.35 bits per heavy atom. The van der Waals surface area contributed by atoms with Gasteiger partial charge in [0.1, 0.15) is 11.6 Å². The lowest BCUT2D eigenvalue weighted by Crippen LogP contribution is -2.41. The summed E-state index contributed by atoms with van der Waals surface area (Å²) in [5.74, 6) is -1.50. The Balaban J connectivity index is 2.03. The molecule has 1 aromatic carbocycles. The number of carbonyl (C=O) groups is 2. The van der Waals surface area contributed by atoms with Gasteiger partial charge in [-0.1, -0.05) is 30.7 Å². The number of amides is 1. The summed E-state index contributed by atoms with van der Waals surface area (Å²) in [7, 11) is 0. The van der Waals surface area contributed by atoms with Gasteiger partial charge in [-0.05, 0) is 18.6 Å². The van der Waals surface area contributed by atoms with Crippen molar-refractivity contribution >= 4 is 22.8 Å². The summed E-state index contributed by atoms with van der Waals surface area (Å²) >= 11 is 0. The third-order valence-corrected chi connectivity index (χ3v) is 3.39. The zero-order valence-electron chi connectivity index (χ0n) is 12.7. The Morgan fingerprint density at radius 2 is 2.09 bits per heavy atom. The van der Waals surface area contributed by atoms with E-state index in [9.17, 15) is 14.4 Å². The van der Waals surface area contributed by atoms with Gasteiger partial charge in [-0.3, -0.25) is 9.59 Å². The van der Waals surface area contributed by atoms with Crippen LogP contribution in [0.2, 0.25) is 0 Å². The van der Waals surface area contributed by atoms with Crippen molar-refractivity contribution in [3.8, 4) is 0 Å². The number of fused-ring (bicyclic) bond motifs is 1. The molecule has 2 N–H and O–H groups in total. The minimum absolute atomic E-state index is 0.0412. The van der Waals surface area contributed by atoms with E-state index in [-0.39, 0.29) is 18.5 Å². The molecule has 8 nitrogen and oxygen atoms in total. The molecule has 0 aliphatic rings. The fourth-order valence-corrected chi connectivity index (χ4v) is 2.19. The Hall–Kier alpha value is -2.77. The van der Waals surface area contributed by atoms with E-state index in [0.717, 1.165) is 4.68 Å². The van der Waals surface area contributed by atoms with E-state index in [0.29, 0.717) is 23.7 Å². The largest absolute Gasteiger partial charge is 0.480 e. The van der Waals surface area contributed by atoms with E-state index >= 15 is 0 Å². The molecule has 0 fully saturated rings. The van der Waals surface area contributed by atoms with Gasteiger partial charge >= 0.3 is 5.97 Å². The number of carboxylic acids is 1. The molecular formula is C15H18N4O4. The maximum Gasteiger partial charge on any atom is 0.326 e. The number of nitrogens with one attached hydrogen (secondary N) is 1. The number of carboxylic acid groups (broad SMARTS) is 1. The predicted molar refractivity (Wildman–Crippen MR) is 82.9 cm³/mol. The summed E-state index contributed by atoms with van der Waals surface area (Å²) in [6.07, 6.45) is 0.962. The minimum Gasteiger partial charge on any atom is -0.480 e. The van der Waals surface area contributed by atoms with Crippen molar-refractivity contribution in [3.63, 3.8) is 0 Å². The first-order valence-corrected chi connectivity index (χ1v) is 7.37. The lowest BCUT2D eigenvalue weighted by molar-refractivity contribution is -0.142. The summed E-state index contributed by atoms with van der Waals surface area (Å²) < 4.78 is 1.11. The van der Waals surface area contributed by atoms with Crippen molar-refractivity contribution < 1.29 is 14.7 Å². The van der Waals surface area contributed by atoms with Crippen LogP contribution in [0.25, 0.3) is 10.9 Å². The molecule has 0 saturated heterocycles. The third-order valence-electron chi connectivity index (χ3n) is 3.39. The van der Waals surface area contributed by atoms with Crippen molar-refractivity contribution in [1.29, 1.82) is 0 Å². The highest BCUT2D eigenvalue weighted by molar-refractivity contribution is 5.83. The number of aliphatic carboxylic acids is 1. The number of aromatic nitrogens is 3. The van der Waals surface area contributed by atoms with Crippen molar-refractivity contribution in [3.05, 3.63) is 34.6 Å². The summed E-state index contributed by atoms with van der Waals surface area (Å²) in [5.41, 5.74) is 0.166. The monoisotopic (exact) mass is 318 g/mol. The number of aryl methyl sites for hydroxylation is 1. The molecule has 0 saturated carbocycles. The van der Waals surface area contributed by atoms with E-state index in [1.807, 2.05) is 6.92 Å². The van der Waals surface area contributed by atoms with Crippen LogP contribution < -0.4 is 10.9 Å². The molecule has 1 amide bonds.